The number of hydrogen-bond donors (Lipinski definition) is 2. The molecule has 2 aromatic rings. The Balaban J connectivity index is 2.17. The van der Waals surface area contributed by atoms with Gasteiger partial charge in [0.2, 0.25) is 5.88 Å². The van der Waals surface area contributed by atoms with Gasteiger partial charge in [0, 0.05) is 12.3 Å². The number of rotatable bonds is 7. The highest BCUT2D eigenvalue weighted by molar-refractivity contribution is 6.05. The van der Waals surface area contributed by atoms with Crippen molar-refractivity contribution in [1.82, 2.24) is 4.98 Å². The van der Waals surface area contributed by atoms with Crippen molar-refractivity contribution >= 4 is 17.6 Å². The number of carboxylic acids is 1. The number of ether oxygens (including phenoxy) is 2. The van der Waals surface area contributed by atoms with E-state index in [2.05, 4.69) is 15.0 Å². The quantitative estimate of drug-likeness (QED) is 0.737. The van der Waals surface area contributed by atoms with Crippen molar-refractivity contribution in [2.75, 3.05) is 11.9 Å². The molecule has 0 spiro atoms. The summed E-state index contributed by atoms with van der Waals surface area (Å²) < 4.78 is 46.4. The van der Waals surface area contributed by atoms with Crippen LogP contribution in [-0.4, -0.2) is 40.9 Å². The zero-order valence-electron chi connectivity index (χ0n) is 14.9. The van der Waals surface area contributed by atoms with Crippen molar-refractivity contribution in [1.29, 1.82) is 0 Å². The minimum absolute atomic E-state index is 0.0376. The molecule has 0 atom stereocenters. The van der Waals surface area contributed by atoms with E-state index in [-0.39, 0.29) is 34.5 Å². The summed E-state index contributed by atoms with van der Waals surface area (Å²) in [5, 5.41) is 11.6. The van der Waals surface area contributed by atoms with Gasteiger partial charge in [0.15, 0.2) is 6.61 Å². The Morgan fingerprint density at radius 3 is 2.39 bits per heavy atom. The van der Waals surface area contributed by atoms with Crippen LogP contribution in [-0.2, 0) is 0 Å². The lowest BCUT2D eigenvalue weighted by molar-refractivity contribution is -0.154. The smallest absolute Gasteiger partial charge is 0.422 e. The molecule has 0 saturated heterocycles. The van der Waals surface area contributed by atoms with Crippen molar-refractivity contribution in [3.05, 3.63) is 47.7 Å². The molecule has 0 saturated carbocycles. The van der Waals surface area contributed by atoms with Crippen LogP contribution in [0.1, 0.15) is 34.6 Å². The van der Waals surface area contributed by atoms with Gasteiger partial charge in [0.25, 0.3) is 5.91 Å². The van der Waals surface area contributed by atoms with Crippen molar-refractivity contribution in [3.63, 3.8) is 0 Å². The van der Waals surface area contributed by atoms with E-state index in [9.17, 15) is 22.8 Å². The summed E-state index contributed by atoms with van der Waals surface area (Å²) in [6.45, 7) is 2.03. The molecule has 0 fully saturated rings. The minimum Gasteiger partial charge on any atom is -0.489 e. The van der Waals surface area contributed by atoms with Crippen molar-refractivity contribution in [3.8, 4) is 11.6 Å². The number of carbonyl (C=O) groups excluding carboxylic acids is 1. The van der Waals surface area contributed by atoms with Gasteiger partial charge in [-0.05, 0) is 38.1 Å². The van der Waals surface area contributed by atoms with Crippen molar-refractivity contribution in [2.24, 2.45) is 0 Å². The van der Waals surface area contributed by atoms with Gasteiger partial charge in [0.05, 0.1) is 22.9 Å². The molecule has 0 radical (unpaired) electrons. The monoisotopic (exact) mass is 398 g/mol. The first kappa shape index (κ1) is 21.0. The summed E-state index contributed by atoms with van der Waals surface area (Å²) >= 11 is 0. The normalized spacial score (nSPS) is 11.2. The van der Waals surface area contributed by atoms with Crippen LogP contribution in [0.25, 0.3) is 0 Å². The number of amides is 1. The van der Waals surface area contributed by atoms with Crippen LogP contribution in [0.2, 0.25) is 0 Å². The fraction of sp³-hybridized carbons (Fsp3) is 0.278. The third-order valence-electron chi connectivity index (χ3n) is 3.22. The summed E-state index contributed by atoms with van der Waals surface area (Å²) in [5.74, 6) is -1.84. The van der Waals surface area contributed by atoms with Gasteiger partial charge < -0.3 is 19.9 Å². The SMILES string of the molecule is CC(C)Oc1ccc(C(=O)O)cc1NC(=O)c1ccc(OCC(F)(F)F)nc1. The van der Waals surface area contributed by atoms with Gasteiger partial charge in [-0.3, -0.25) is 4.79 Å². The number of pyridine rings is 1. The Morgan fingerprint density at radius 1 is 1.18 bits per heavy atom. The average Bonchev–Trinajstić information content (AvgIpc) is 2.60. The van der Waals surface area contributed by atoms with E-state index < -0.39 is 24.7 Å². The van der Waals surface area contributed by atoms with E-state index in [1.807, 2.05) is 0 Å². The largest absolute Gasteiger partial charge is 0.489 e. The Morgan fingerprint density at radius 2 is 1.86 bits per heavy atom. The van der Waals surface area contributed by atoms with Gasteiger partial charge in [-0.1, -0.05) is 0 Å². The molecule has 0 bridgehead atoms. The first-order valence-corrected chi connectivity index (χ1v) is 8.06. The molecular weight excluding hydrogens is 381 g/mol. The van der Waals surface area contributed by atoms with E-state index in [1.165, 1.54) is 24.3 Å². The predicted octanol–water partition coefficient (Wildman–Crippen LogP) is 3.76. The number of aromatic nitrogens is 1. The van der Waals surface area contributed by atoms with E-state index in [0.29, 0.717) is 0 Å². The fourth-order valence-electron chi connectivity index (χ4n) is 2.07. The second-order valence-electron chi connectivity index (χ2n) is 5.93. The molecule has 1 aromatic carbocycles. The van der Waals surface area contributed by atoms with Gasteiger partial charge in [-0.25, -0.2) is 9.78 Å². The lowest BCUT2D eigenvalue weighted by atomic mass is 10.1. The number of benzene rings is 1. The van der Waals surface area contributed by atoms with E-state index in [4.69, 9.17) is 9.84 Å². The maximum absolute atomic E-state index is 12.4. The minimum atomic E-state index is -4.50. The van der Waals surface area contributed by atoms with Gasteiger partial charge in [-0.2, -0.15) is 13.2 Å². The zero-order valence-corrected chi connectivity index (χ0v) is 14.9. The second-order valence-corrected chi connectivity index (χ2v) is 5.93. The molecule has 0 aliphatic carbocycles. The molecular formula is C18H17F3N2O5. The molecule has 10 heteroatoms. The molecule has 1 heterocycles. The van der Waals surface area contributed by atoms with E-state index in [0.717, 1.165) is 12.3 Å². The number of nitrogens with zero attached hydrogens (tertiary/aromatic N) is 1. The van der Waals surface area contributed by atoms with Crippen LogP contribution in [0, 0.1) is 0 Å². The summed E-state index contributed by atoms with van der Waals surface area (Å²) in [5.41, 5.74) is 0.118. The molecule has 1 amide bonds. The topological polar surface area (TPSA) is 97.8 Å². The number of alkyl halides is 3. The Hall–Kier alpha value is -3.30. The number of nitrogens with one attached hydrogen (secondary N) is 1. The molecule has 1 aromatic heterocycles. The Kier molecular flexibility index (Phi) is 6.45. The first-order valence-electron chi connectivity index (χ1n) is 8.06. The molecule has 7 nitrogen and oxygen atoms in total. The average molecular weight is 398 g/mol. The molecule has 0 aliphatic heterocycles. The van der Waals surface area contributed by atoms with Gasteiger partial charge in [0.1, 0.15) is 5.75 Å². The molecule has 150 valence electrons. The van der Waals surface area contributed by atoms with Crippen LogP contribution < -0.4 is 14.8 Å². The van der Waals surface area contributed by atoms with Crippen molar-refractivity contribution in [2.45, 2.75) is 26.1 Å². The maximum atomic E-state index is 12.4. The van der Waals surface area contributed by atoms with Crippen LogP contribution in [0.15, 0.2) is 36.5 Å². The summed E-state index contributed by atoms with van der Waals surface area (Å²) in [6, 6.07) is 6.36. The molecule has 0 unspecified atom stereocenters. The number of aromatic carboxylic acids is 1. The molecule has 2 rings (SSSR count). The second kappa shape index (κ2) is 8.59. The highest BCUT2D eigenvalue weighted by Crippen LogP contribution is 2.28. The van der Waals surface area contributed by atoms with Crippen LogP contribution in [0.5, 0.6) is 11.6 Å². The number of halogens is 3. The van der Waals surface area contributed by atoms with Crippen LogP contribution in [0.4, 0.5) is 18.9 Å². The zero-order chi connectivity index (χ0) is 20.9. The number of hydrogen-bond acceptors (Lipinski definition) is 5. The molecule has 2 N–H and O–H groups in total. The third-order valence-corrected chi connectivity index (χ3v) is 3.22. The summed E-state index contributed by atoms with van der Waals surface area (Å²) in [6.07, 6.45) is -3.68. The van der Waals surface area contributed by atoms with E-state index in [1.54, 1.807) is 13.8 Å². The highest BCUT2D eigenvalue weighted by Gasteiger charge is 2.28. The van der Waals surface area contributed by atoms with Crippen molar-refractivity contribution < 1.29 is 37.3 Å². The lowest BCUT2D eigenvalue weighted by Crippen LogP contribution is -2.20. The van der Waals surface area contributed by atoms with Crippen LogP contribution >= 0.6 is 0 Å². The summed E-state index contributed by atoms with van der Waals surface area (Å²) in [4.78, 5) is 27.2. The Bertz CT molecular complexity index is 851. The first-order chi connectivity index (χ1) is 13.0. The maximum Gasteiger partial charge on any atom is 0.422 e. The van der Waals surface area contributed by atoms with Crippen LogP contribution in [0.3, 0.4) is 0 Å². The standard InChI is InChI=1S/C18H17F3N2O5/c1-10(2)28-14-5-3-11(17(25)26)7-13(14)23-16(24)12-4-6-15(22-8-12)27-9-18(19,20)21/h3-8,10H,9H2,1-2H3,(H,23,24)(H,25,26). The van der Waals surface area contributed by atoms with E-state index >= 15 is 0 Å². The number of carboxylic acid groups (broad SMARTS) is 1. The Labute approximate surface area is 158 Å². The molecule has 28 heavy (non-hydrogen) atoms. The predicted molar refractivity (Wildman–Crippen MR) is 92.9 cm³/mol. The highest BCUT2D eigenvalue weighted by atomic mass is 19.4. The lowest BCUT2D eigenvalue weighted by Gasteiger charge is -2.15. The third kappa shape index (κ3) is 6.15. The number of anilines is 1. The van der Waals surface area contributed by atoms with Gasteiger partial charge in [-0.15, -0.1) is 0 Å². The summed E-state index contributed by atoms with van der Waals surface area (Å²) in [7, 11) is 0. The van der Waals surface area contributed by atoms with Gasteiger partial charge >= 0.3 is 12.1 Å². The molecule has 0 aliphatic rings. The number of carbonyl (C=O) groups is 2. The fourth-order valence-corrected chi connectivity index (χ4v) is 2.07.